The number of nitrogens with two attached hydrogens (primary N) is 1. The Morgan fingerprint density at radius 2 is 1.94 bits per heavy atom. The lowest BCUT2D eigenvalue weighted by atomic mass is 10.1. The Morgan fingerprint density at radius 1 is 1.35 bits per heavy atom. The fourth-order valence-electron chi connectivity index (χ4n) is 1.42. The molecular weight excluding hydrogens is 222 g/mol. The van der Waals surface area contributed by atoms with E-state index in [1.807, 2.05) is 13.8 Å². The number of anilines is 1. The fraction of sp³-hybridized carbons (Fsp3) is 0.636. The van der Waals surface area contributed by atoms with Gasteiger partial charge in [0.1, 0.15) is 0 Å². The SMILES string of the molecule is CC1(C)OCC(COc2ncc(N)cn2)CO1. The lowest BCUT2D eigenvalue weighted by molar-refractivity contribution is -0.264. The van der Waals surface area contributed by atoms with Gasteiger partial charge in [-0.2, -0.15) is 0 Å². The van der Waals surface area contributed by atoms with Gasteiger partial charge in [0.2, 0.25) is 0 Å². The summed E-state index contributed by atoms with van der Waals surface area (Å²) in [4.78, 5) is 7.90. The van der Waals surface area contributed by atoms with Gasteiger partial charge in [-0.15, -0.1) is 0 Å². The molecule has 0 aliphatic carbocycles. The highest BCUT2D eigenvalue weighted by Crippen LogP contribution is 2.20. The van der Waals surface area contributed by atoms with Crippen molar-refractivity contribution in [3.05, 3.63) is 12.4 Å². The molecule has 1 aromatic heterocycles. The third-order valence-corrected chi connectivity index (χ3v) is 2.43. The number of aromatic nitrogens is 2. The summed E-state index contributed by atoms with van der Waals surface area (Å²) >= 11 is 0. The van der Waals surface area contributed by atoms with Crippen molar-refractivity contribution in [3.8, 4) is 6.01 Å². The molecule has 1 aromatic rings. The number of nitrogen functional groups attached to an aromatic ring is 1. The van der Waals surface area contributed by atoms with E-state index in [0.29, 0.717) is 31.5 Å². The average molecular weight is 239 g/mol. The molecule has 94 valence electrons. The molecule has 0 spiro atoms. The van der Waals surface area contributed by atoms with Gasteiger partial charge in [-0.25, -0.2) is 9.97 Å². The maximum absolute atomic E-state index is 5.52. The van der Waals surface area contributed by atoms with E-state index in [-0.39, 0.29) is 5.92 Å². The smallest absolute Gasteiger partial charge is 0.316 e. The van der Waals surface area contributed by atoms with Crippen LogP contribution in [0.2, 0.25) is 0 Å². The van der Waals surface area contributed by atoms with Gasteiger partial charge in [0.05, 0.1) is 37.9 Å². The number of nitrogens with zero attached hydrogens (tertiary/aromatic N) is 2. The largest absolute Gasteiger partial charge is 0.463 e. The maximum Gasteiger partial charge on any atom is 0.316 e. The first-order chi connectivity index (χ1) is 8.05. The summed E-state index contributed by atoms with van der Waals surface area (Å²) in [5.74, 6) is -0.294. The molecule has 2 rings (SSSR count). The summed E-state index contributed by atoms with van der Waals surface area (Å²) in [5, 5.41) is 0. The van der Waals surface area contributed by atoms with Crippen molar-refractivity contribution in [2.24, 2.45) is 5.92 Å². The summed E-state index contributed by atoms with van der Waals surface area (Å²) in [7, 11) is 0. The molecule has 0 bridgehead atoms. The Labute approximate surface area is 100 Å². The van der Waals surface area contributed by atoms with Gasteiger partial charge in [-0.3, -0.25) is 0 Å². The zero-order chi connectivity index (χ0) is 12.3. The fourth-order valence-corrected chi connectivity index (χ4v) is 1.42. The molecule has 17 heavy (non-hydrogen) atoms. The molecule has 6 nitrogen and oxygen atoms in total. The van der Waals surface area contributed by atoms with Crippen LogP contribution in [0.1, 0.15) is 13.8 Å². The van der Waals surface area contributed by atoms with Crippen LogP contribution >= 0.6 is 0 Å². The Hall–Kier alpha value is -1.40. The predicted octanol–water partition coefficient (Wildman–Crippen LogP) is 0.837. The van der Waals surface area contributed by atoms with Crippen LogP contribution in [0.4, 0.5) is 5.69 Å². The second-order valence-corrected chi connectivity index (χ2v) is 4.50. The lowest BCUT2D eigenvalue weighted by Crippen LogP contribution is -2.41. The van der Waals surface area contributed by atoms with E-state index < -0.39 is 5.79 Å². The Balaban J connectivity index is 1.78. The van der Waals surface area contributed by atoms with E-state index in [4.69, 9.17) is 19.9 Å². The molecule has 1 aliphatic rings. The normalized spacial score (nSPS) is 20.1. The van der Waals surface area contributed by atoms with Crippen molar-refractivity contribution in [1.82, 2.24) is 9.97 Å². The molecule has 0 atom stereocenters. The van der Waals surface area contributed by atoms with Gasteiger partial charge in [-0.05, 0) is 13.8 Å². The highest BCUT2D eigenvalue weighted by atomic mass is 16.7. The van der Waals surface area contributed by atoms with Crippen LogP contribution in [0.3, 0.4) is 0 Å². The molecular formula is C11H17N3O3. The van der Waals surface area contributed by atoms with Crippen molar-refractivity contribution in [1.29, 1.82) is 0 Å². The standard InChI is InChI=1S/C11H17N3O3/c1-11(2)16-6-8(7-17-11)5-15-10-13-3-9(12)4-14-10/h3-4,8H,5-7,12H2,1-2H3. The van der Waals surface area contributed by atoms with Crippen LogP contribution in [-0.4, -0.2) is 35.6 Å². The van der Waals surface area contributed by atoms with Crippen LogP contribution in [0.15, 0.2) is 12.4 Å². The van der Waals surface area contributed by atoms with Crippen LogP contribution in [0, 0.1) is 5.92 Å². The highest BCUT2D eigenvalue weighted by molar-refractivity contribution is 5.30. The number of ether oxygens (including phenoxy) is 3. The Morgan fingerprint density at radius 3 is 2.53 bits per heavy atom. The first-order valence-electron chi connectivity index (χ1n) is 5.53. The Kier molecular flexibility index (Phi) is 3.44. The molecule has 1 fully saturated rings. The van der Waals surface area contributed by atoms with Crippen molar-refractivity contribution in [2.75, 3.05) is 25.6 Å². The quantitative estimate of drug-likeness (QED) is 0.841. The molecule has 2 heterocycles. The van der Waals surface area contributed by atoms with Crippen LogP contribution in [-0.2, 0) is 9.47 Å². The Bertz CT molecular complexity index is 357. The van der Waals surface area contributed by atoms with Gasteiger partial charge < -0.3 is 19.9 Å². The average Bonchev–Trinajstić information content (AvgIpc) is 2.30. The van der Waals surface area contributed by atoms with Crippen LogP contribution in [0.25, 0.3) is 0 Å². The topological polar surface area (TPSA) is 79.5 Å². The minimum Gasteiger partial charge on any atom is -0.463 e. The van der Waals surface area contributed by atoms with E-state index in [1.54, 1.807) is 0 Å². The zero-order valence-electron chi connectivity index (χ0n) is 10.0. The van der Waals surface area contributed by atoms with E-state index in [9.17, 15) is 0 Å². The van der Waals surface area contributed by atoms with Crippen molar-refractivity contribution in [3.63, 3.8) is 0 Å². The van der Waals surface area contributed by atoms with E-state index >= 15 is 0 Å². The summed E-state index contributed by atoms with van der Waals surface area (Å²) in [6.07, 6.45) is 3.03. The molecule has 0 saturated carbocycles. The van der Waals surface area contributed by atoms with Gasteiger partial charge in [0.15, 0.2) is 5.79 Å². The predicted molar refractivity (Wildman–Crippen MR) is 61.4 cm³/mol. The highest BCUT2D eigenvalue weighted by Gasteiger charge is 2.28. The van der Waals surface area contributed by atoms with Gasteiger partial charge in [0.25, 0.3) is 0 Å². The lowest BCUT2D eigenvalue weighted by Gasteiger charge is -2.34. The van der Waals surface area contributed by atoms with Crippen LogP contribution in [0.5, 0.6) is 6.01 Å². The van der Waals surface area contributed by atoms with E-state index in [1.165, 1.54) is 12.4 Å². The first-order valence-corrected chi connectivity index (χ1v) is 5.53. The van der Waals surface area contributed by atoms with E-state index in [0.717, 1.165) is 0 Å². The molecule has 0 radical (unpaired) electrons. The molecule has 0 aromatic carbocycles. The van der Waals surface area contributed by atoms with Crippen LogP contribution < -0.4 is 10.5 Å². The van der Waals surface area contributed by atoms with Crippen molar-refractivity contribution < 1.29 is 14.2 Å². The zero-order valence-corrected chi connectivity index (χ0v) is 10.0. The molecule has 2 N–H and O–H groups in total. The molecule has 1 saturated heterocycles. The summed E-state index contributed by atoms with van der Waals surface area (Å²) in [6.45, 7) is 5.49. The third kappa shape index (κ3) is 3.54. The van der Waals surface area contributed by atoms with Crippen molar-refractivity contribution >= 4 is 5.69 Å². The minimum atomic E-state index is -0.492. The second-order valence-electron chi connectivity index (χ2n) is 4.50. The number of hydrogen-bond acceptors (Lipinski definition) is 6. The van der Waals surface area contributed by atoms with E-state index in [2.05, 4.69) is 9.97 Å². The first kappa shape index (κ1) is 12.1. The molecule has 1 aliphatic heterocycles. The van der Waals surface area contributed by atoms with Gasteiger partial charge >= 0.3 is 6.01 Å². The molecule has 0 unspecified atom stereocenters. The maximum atomic E-state index is 5.52. The minimum absolute atomic E-state index is 0.198. The molecule has 0 amide bonds. The summed E-state index contributed by atoms with van der Waals surface area (Å²) in [6, 6.07) is 0.323. The van der Waals surface area contributed by atoms with Crippen molar-refractivity contribution in [2.45, 2.75) is 19.6 Å². The summed E-state index contributed by atoms with van der Waals surface area (Å²) in [5.41, 5.74) is 5.99. The van der Waals surface area contributed by atoms with Gasteiger partial charge in [-0.1, -0.05) is 0 Å². The molecule has 6 heteroatoms. The third-order valence-electron chi connectivity index (χ3n) is 2.43. The number of rotatable bonds is 3. The van der Waals surface area contributed by atoms with Gasteiger partial charge in [0, 0.05) is 5.92 Å². The monoisotopic (exact) mass is 239 g/mol. The second kappa shape index (κ2) is 4.85. The number of hydrogen-bond donors (Lipinski definition) is 1. The summed E-state index contributed by atoms with van der Waals surface area (Å²) < 4.78 is 16.5.